The first kappa shape index (κ1) is 17.6. The maximum absolute atomic E-state index is 12.0. The Kier molecular flexibility index (Phi) is 9.42. The topological polar surface area (TPSA) is 52.1 Å². The first-order valence-corrected chi connectivity index (χ1v) is 8.17. The second-order valence-electron chi connectivity index (χ2n) is 5.42. The Labute approximate surface area is 128 Å². The molecule has 0 amide bonds. The lowest BCUT2D eigenvalue weighted by atomic mass is 10.0. The first-order valence-electron chi connectivity index (χ1n) is 8.17. The number of unbranched alkanes of at least 4 members (excludes halogenated alkanes) is 8. The quantitative estimate of drug-likeness (QED) is 0.417. The van der Waals surface area contributed by atoms with Gasteiger partial charge in [0.05, 0.1) is 7.11 Å². The fourth-order valence-corrected chi connectivity index (χ4v) is 2.38. The molecule has 0 saturated heterocycles. The predicted octanol–water partition coefficient (Wildman–Crippen LogP) is 4.59. The van der Waals surface area contributed by atoms with Crippen molar-refractivity contribution in [2.24, 2.45) is 0 Å². The van der Waals surface area contributed by atoms with Gasteiger partial charge in [-0.25, -0.2) is 9.97 Å². The van der Waals surface area contributed by atoms with Crippen LogP contribution in [0.5, 0.6) is 5.88 Å². The van der Waals surface area contributed by atoms with Gasteiger partial charge < -0.3 is 4.74 Å². The van der Waals surface area contributed by atoms with E-state index in [0.717, 1.165) is 12.8 Å². The van der Waals surface area contributed by atoms with E-state index in [0.29, 0.717) is 18.0 Å². The van der Waals surface area contributed by atoms with Crippen molar-refractivity contribution in [1.29, 1.82) is 0 Å². The minimum Gasteiger partial charge on any atom is -0.479 e. The van der Waals surface area contributed by atoms with Crippen molar-refractivity contribution >= 4 is 5.78 Å². The van der Waals surface area contributed by atoms with Crippen molar-refractivity contribution in [3.8, 4) is 5.88 Å². The first-order chi connectivity index (χ1) is 10.3. The Balaban J connectivity index is 2.11. The molecular weight excluding hydrogens is 264 g/mol. The number of hydrogen-bond acceptors (Lipinski definition) is 4. The fourth-order valence-electron chi connectivity index (χ4n) is 2.38. The number of rotatable bonds is 12. The van der Waals surface area contributed by atoms with Crippen LogP contribution in [0.15, 0.2) is 12.4 Å². The number of carbonyl (C=O) groups is 1. The molecule has 0 saturated carbocycles. The summed E-state index contributed by atoms with van der Waals surface area (Å²) in [4.78, 5) is 20.1. The number of ketones is 1. The summed E-state index contributed by atoms with van der Waals surface area (Å²) in [6, 6.07) is 0. The Bertz CT molecular complexity index is 408. The van der Waals surface area contributed by atoms with Crippen LogP contribution in [-0.4, -0.2) is 22.9 Å². The van der Waals surface area contributed by atoms with Crippen molar-refractivity contribution in [2.75, 3.05) is 7.11 Å². The summed E-state index contributed by atoms with van der Waals surface area (Å²) in [5, 5.41) is 0. The van der Waals surface area contributed by atoms with Crippen LogP contribution in [0.1, 0.15) is 81.6 Å². The number of nitrogens with zero attached hydrogens (tertiary/aromatic N) is 2. The smallest absolute Gasteiger partial charge is 0.243 e. The monoisotopic (exact) mass is 292 g/mol. The van der Waals surface area contributed by atoms with Gasteiger partial charge in [0, 0.05) is 18.8 Å². The zero-order valence-electron chi connectivity index (χ0n) is 13.4. The fraction of sp³-hybridized carbons (Fsp3) is 0.706. The summed E-state index contributed by atoms with van der Waals surface area (Å²) in [6.07, 6.45) is 14.8. The molecule has 0 aliphatic heterocycles. The maximum Gasteiger partial charge on any atom is 0.243 e. The van der Waals surface area contributed by atoms with E-state index in [4.69, 9.17) is 4.74 Å². The van der Waals surface area contributed by atoms with Gasteiger partial charge >= 0.3 is 0 Å². The highest BCUT2D eigenvalue weighted by Crippen LogP contribution is 2.16. The maximum atomic E-state index is 12.0. The normalized spacial score (nSPS) is 10.6. The molecule has 0 bridgehead atoms. The van der Waals surface area contributed by atoms with Crippen molar-refractivity contribution in [2.45, 2.75) is 71.1 Å². The molecular formula is C17H28N2O2. The molecule has 0 fully saturated rings. The Hall–Kier alpha value is -1.45. The summed E-state index contributed by atoms with van der Waals surface area (Å²) in [7, 11) is 1.51. The number of ether oxygens (including phenoxy) is 1. The third-order valence-corrected chi connectivity index (χ3v) is 3.63. The molecule has 0 radical (unpaired) electrons. The van der Waals surface area contributed by atoms with E-state index in [-0.39, 0.29) is 5.78 Å². The van der Waals surface area contributed by atoms with Crippen LogP contribution in [0.4, 0.5) is 0 Å². The highest BCUT2D eigenvalue weighted by molar-refractivity contribution is 5.96. The molecule has 0 aliphatic rings. The molecule has 1 aromatic rings. The molecule has 21 heavy (non-hydrogen) atoms. The van der Waals surface area contributed by atoms with Crippen LogP contribution in [0.3, 0.4) is 0 Å². The third-order valence-electron chi connectivity index (χ3n) is 3.63. The summed E-state index contributed by atoms with van der Waals surface area (Å²) >= 11 is 0. The van der Waals surface area contributed by atoms with E-state index in [1.165, 1.54) is 64.4 Å². The lowest BCUT2D eigenvalue weighted by Gasteiger charge is -2.05. The number of methoxy groups -OCH3 is 1. The number of hydrogen-bond donors (Lipinski definition) is 0. The van der Waals surface area contributed by atoms with Crippen LogP contribution in [-0.2, 0) is 0 Å². The van der Waals surface area contributed by atoms with E-state index < -0.39 is 0 Å². The minimum atomic E-state index is 0.0305. The summed E-state index contributed by atoms with van der Waals surface area (Å²) in [5.74, 6) is 0.362. The van der Waals surface area contributed by atoms with Crippen LogP contribution in [0, 0.1) is 0 Å². The second kappa shape index (κ2) is 11.2. The molecule has 0 aromatic carbocycles. The number of carbonyl (C=O) groups excluding carboxylic acids is 1. The van der Waals surface area contributed by atoms with E-state index in [2.05, 4.69) is 16.9 Å². The zero-order chi connectivity index (χ0) is 15.3. The lowest BCUT2D eigenvalue weighted by molar-refractivity contribution is 0.0970. The molecule has 1 aromatic heterocycles. The van der Waals surface area contributed by atoms with Gasteiger partial charge in [0.2, 0.25) is 5.88 Å². The van der Waals surface area contributed by atoms with E-state index in [1.54, 1.807) is 0 Å². The summed E-state index contributed by atoms with van der Waals surface area (Å²) in [5.41, 5.74) is 0.361. The molecule has 0 spiro atoms. The molecule has 0 aliphatic carbocycles. The third kappa shape index (κ3) is 7.21. The van der Waals surface area contributed by atoms with Gasteiger partial charge in [0.15, 0.2) is 11.5 Å². The average Bonchev–Trinajstić information content (AvgIpc) is 2.53. The van der Waals surface area contributed by atoms with E-state index >= 15 is 0 Å². The van der Waals surface area contributed by atoms with Crippen LogP contribution in [0.25, 0.3) is 0 Å². The summed E-state index contributed by atoms with van der Waals surface area (Å²) < 4.78 is 5.06. The van der Waals surface area contributed by atoms with Crippen molar-refractivity contribution in [1.82, 2.24) is 9.97 Å². The van der Waals surface area contributed by atoms with Gasteiger partial charge in [0.1, 0.15) is 0 Å². The largest absolute Gasteiger partial charge is 0.479 e. The SMILES string of the molecule is CCCCCCCCCCCC(=O)c1nccnc1OC. The zero-order valence-corrected chi connectivity index (χ0v) is 13.4. The van der Waals surface area contributed by atoms with Gasteiger partial charge in [-0.15, -0.1) is 0 Å². The van der Waals surface area contributed by atoms with Crippen molar-refractivity contribution in [3.63, 3.8) is 0 Å². The molecule has 1 rings (SSSR count). The minimum absolute atomic E-state index is 0.0305. The van der Waals surface area contributed by atoms with E-state index in [9.17, 15) is 4.79 Å². The number of Topliss-reactive ketones (excluding diaryl/α,β-unsaturated/α-hetero) is 1. The highest BCUT2D eigenvalue weighted by atomic mass is 16.5. The van der Waals surface area contributed by atoms with Crippen molar-refractivity contribution in [3.05, 3.63) is 18.1 Å². The number of aromatic nitrogens is 2. The Morgan fingerprint density at radius 3 is 2.14 bits per heavy atom. The molecule has 0 unspecified atom stereocenters. The molecule has 118 valence electrons. The van der Waals surface area contributed by atoms with Gasteiger partial charge in [-0.3, -0.25) is 4.79 Å². The van der Waals surface area contributed by atoms with Crippen LogP contribution < -0.4 is 4.74 Å². The molecule has 4 heteroatoms. The van der Waals surface area contributed by atoms with Gasteiger partial charge in [-0.2, -0.15) is 0 Å². The summed E-state index contributed by atoms with van der Waals surface area (Å²) in [6.45, 7) is 2.24. The van der Waals surface area contributed by atoms with Gasteiger partial charge in [-0.1, -0.05) is 58.3 Å². The Morgan fingerprint density at radius 1 is 0.952 bits per heavy atom. The Morgan fingerprint density at radius 2 is 1.52 bits per heavy atom. The molecule has 4 nitrogen and oxygen atoms in total. The molecule has 0 N–H and O–H groups in total. The average molecular weight is 292 g/mol. The van der Waals surface area contributed by atoms with E-state index in [1.807, 2.05) is 0 Å². The van der Waals surface area contributed by atoms with Gasteiger partial charge in [0.25, 0.3) is 0 Å². The lowest BCUT2D eigenvalue weighted by Crippen LogP contribution is -2.06. The van der Waals surface area contributed by atoms with Crippen LogP contribution in [0.2, 0.25) is 0 Å². The standard InChI is InChI=1S/C17H28N2O2/c1-3-4-5-6-7-8-9-10-11-12-15(20)16-17(21-2)19-14-13-18-16/h13-14H,3-12H2,1-2H3. The predicted molar refractivity (Wildman–Crippen MR) is 84.8 cm³/mol. The molecule has 1 heterocycles. The highest BCUT2D eigenvalue weighted by Gasteiger charge is 2.13. The van der Waals surface area contributed by atoms with Crippen LogP contribution >= 0.6 is 0 Å². The molecule has 0 atom stereocenters. The van der Waals surface area contributed by atoms with Crippen molar-refractivity contribution < 1.29 is 9.53 Å². The van der Waals surface area contributed by atoms with Gasteiger partial charge in [-0.05, 0) is 6.42 Å². The second-order valence-corrected chi connectivity index (χ2v) is 5.42.